The Kier molecular flexibility index (Phi) is 2.21. The van der Waals surface area contributed by atoms with Crippen molar-refractivity contribution < 1.29 is 13.6 Å². The summed E-state index contributed by atoms with van der Waals surface area (Å²) >= 11 is 0. The third-order valence-electron chi connectivity index (χ3n) is 1.91. The molecule has 0 saturated carbocycles. The van der Waals surface area contributed by atoms with Gasteiger partial charge in [0.1, 0.15) is 5.82 Å². The van der Waals surface area contributed by atoms with Crippen LogP contribution < -0.4 is 5.73 Å². The SMILES string of the molecule is NC(=O)c1ncoc1-c1ccc(F)cc1. The summed E-state index contributed by atoms with van der Waals surface area (Å²) in [4.78, 5) is 14.6. The van der Waals surface area contributed by atoms with Gasteiger partial charge in [-0.15, -0.1) is 0 Å². The summed E-state index contributed by atoms with van der Waals surface area (Å²) < 4.78 is 17.7. The molecule has 1 aromatic heterocycles. The minimum atomic E-state index is -0.678. The van der Waals surface area contributed by atoms with E-state index in [0.717, 1.165) is 6.39 Å². The van der Waals surface area contributed by atoms with Gasteiger partial charge in [0.2, 0.25) is 0 Å². The van der Waals surface area contributed by atoms with E-state index in [1.807, 2.05) is 0 Å². The van der Waals surface area contributed by atoms with Gasteiger partial charge in [-0.3, -0.25) is 4.79 Å². The second-order valence-corrected chi connectivity index (χ2v) is 2.90. The van der Waals surface area contributed by atoms with Crippen molar-refractivity contribution in [3.63, 3.8) is 0 Å². The van der Waals surface area contributed by atoms with Crippen molar-refractivity contribution in [1.29, 1.82) is 0 Å². The first-order valence-corrected chi connectivity index (χ1v) is 4.17. The predicted molar refractivity (Wildman–Crippen MR) is 50.4 cm³/mol. The minimum absolute atomic E-state index is 0.0432. The van der Waals surface area contributed by atoms with Crippen molar-refractivity contribution >= 4 is 5.91 Å². The topological polar surface area (TPSA) is 69.1 Å². The molecule has 1 heterocycles. The third-order valence-corrected chi connectivity index (χ3v) is 1.91. The van der Waals surface area contributed by atoms with Gasteiger partial charge >= 0.3 is 0 Å². The Hall–Kier alpha value is -2.17. The van der Waals surface area contributed by atoms with Crippen molar-refractivity contribution in [2.75, 3.05) is 0 Å². The lowest BCUT2D eigenvalue weighted by molar-refractivity contribution is 0.0996. The number of primary amides is 1. The van der Waals surface area contributed by atoms with E-state index in [1.54, 1.807) is 0 Å². The fraction of sp³-hybridized carbons (Fsp3) is 0. The molecule has 0 aliphatic heterocycles. The van der Waals surface area contributed by atoms with E-state index < -0.39 is 5.91 Å². The predicted octanol–water partition coefficient (Wildman–Crippen LogP) is 1.58. The van der Waals surface area contributed by atoms with Crippen molar-refractivity contribution in [1.82, 2.24) is 4.98 Å². The molecule has 76 valence electrons. The number of hydrogen-bond acceptors (Lipinski definition) is 3. The highest BCUT2D eigenvalue weighted by atomic mass is 19.1. The lowest BCUT2D eigenvalue weighted by atomic mass is 10.1. The Labute approximate surface area is 84.5 Å². The molecule has 1 aromatic carbocycles. The van der Waals surface area contributed by atoms with Crippen LogP contribution in [0.4, 0.5) is 4.39 Å². The Balaban J connectivity index is 2.49. The first kappa shape index (κ1) is 9.39. The lowest BCUT2D eigenvalue weighted by Crippen LogP contribution is -2.12. The number of aromatic nitrogens is 1. The van der Waals surface area contributed by atoms with Gasteiger partial charge in [0.05, 0.1) is 0 Å². The zero-order valence-electron chi connectivity index (χ0n) is 7.61. The molecule has 2 aromatic rings. The number of carbonyl (C=O) groups excluding carboxylic acids is 1. The molecule has 0 bridgehead atoms. The van der Waals surface area contributed by atoms with E-state index in [2.05, 4.69) is 4.98 Å². The third kappa shape index (κ3) is 1.71. The lowest BCUT2D eigenvalue weighted by Gasteiger charge is -1.97. The average molecular weight is 206 g/mol. The molecule has 2 N–H and O–H groups in total. The first-order valence-electron chi connectivity index (χ1n) is 4.17. The quantitative estimate of drug-likeness (QED) is 0.810. The number of oxazole rings is 1. The van der Waals surface area contributed by atoms with Crippen LogP contribution in [0.2, 0.25) is 0 Å². The number of carbonyl (C=O) groups is 1. The molecule has 5 heteroatoms. The summed E-state index contributed by atoms with van der Waals surface area (Å²) in [5, 5.41) is 0. The summed E-state index contributed by atoms with van der Waals surface area (Å²) in [6, 6.07) is 5.51. The maximum atomic E-state index is 12.6. The summed E-state index contributed by atoms with van der Waals surface area (Å²) in [6.07, 6.45) is 1.12. The van der Waals surface area contributed by atoms with Crippen LogP contribution in [0.3, 0.4) is 0 Å². The highest BCUT2D eigenvalue weighted by Gasteiger charge is 2.15. The van der Waals surface area contributed by atoms with Crippen molar-refractivity contribution in [2.24, 2.45) is 5.73 Å². The van der Waals surface area contributed by atoms with Gasteiger partial charge in [-0.25, -0.2) is 9.37 Å². The van der Waals surface area contributed by atoms with E-state index in [-0.39, 0.29) is 17.3 Å². The van der Waals surface area contributed by atoms with Crippen LogP contribution in [-0.2, 0) is 0 Å². The number of benzene rings is 1. The van der Waals surface area contributed by atoms with Gasteiger partial charge in [0, 0.05) is 5.56 Å². The van der Waals surface area contributed by atoms with Crippen LogP contribution in [0.5, 0.6) is 0 Å². The van der Waals surface area contributed by atoms with Gasteiger partial charge in [-0.2, -0.15) is 0 Å². The fourth-order valence-corrected chi connectivity index (χ4v) is 1.23. The highest BCUT2D eigenvalue weighted by Crippen LogP contribution is 2.22. The van der Waals surface area contributed by atoms with Crippen molar-refractivity contribution in [3.8, 4) is 11.3 Å². The summed E-state index contributed by atoms with van der Waals surface area (Å²) in [7, 11) is 0. The Morgan fingerprint density at radius 2 is 2.00 bits per heavy atom. The Morgan fingerprint density at radius 1 is 1.33 bits per heavy atom. The largest absolute Gasteiger partial charge is 0.443 e. The van der Waals surface area contributed by atoms with Crippen LogP contribution in [0.25, 0.3) is 11.3 Å². The van der Waals surface area contributed by atoms with Gasteiger partial charge in [0.25, 0.3) is 5.91 Å². The normalized spacial score (nSPS) is 10.2. The first-order chi connectivity index (χ1) is 7.18. The standard InChI is InChI=1S/C10H7FN2O2/c11-7-3-1-6(2-4-7)9-8(10(12)14)13-5-15-9/h1-5H,(H2,12,14). The molecule has 2 rings (SSSR count). The van der Waals surface area contributed by atoms with E-state index in [9.17, 15) is 9.18 Å². The molecule has 1 amide bonds. The molecule has 15 heavy (non-hydrogen) atoms. The summed E-state index contributed by atoms with van der Waals surface area (Å²) in [6.45, 7) is 0. The second-order valence-electron chi connectivity index (χ2n) is 2.90. The number of hydrogen-bond donors (Lipinski definition) is 1. The molecule has 0 fully saturated rings. The van der Waals surface area contributed by atoms with Crippen LogP contribution >= 0.6 is 0 Å². The van der Waals surface area contributed by atoms with Crippen LogP contribution in [0.15, 0.2) is 35.1 Å². The van der Waals surface area contributed by atoms with Crippen LogP contribution in [0, 0.1) is 5.82 Å². The Morgan fingerprint density at radius 3 is 2.60 bits per heavy atom. The maximum Gasteiger partial charge on any atom is 0.271 e. The zero-order chi connectivity index (χ0) is 10.8. The number of amides is 1. The van der Waals surface area contributed by atoms with E-state index in [4.69, 9.17) is 10.2 Å². The molecule has 0 unspecified atom stereocenters. The van der Waals surface area contributed by atoms with Crippen LogP contribution in [-0.4, -0.2) is 10.9 Å². The van der Waals surface area contributed by atoms with E-state index in [0.29, 0.717) is 5.56 Å². The van der Waals surface area contributed by atoms with E-state index >= 15 is 0 Å². The molecular weight excluding hydrogens is 199 g/mol. The van der Waals surface area contributed by atoms with Gasteiger partial charge in [0.15, 0.2) is 17.8 Å². The average Bonchev–Trinajstić information content (AvgIpc) is 2.67. The molecule has 0 aliphatic carbocycles. The highest BCUT2D eigenvalue weighted by molar-refractivity contribution is 5.96. The monoisotopic (exact) mass is 206 g/mol. The molecule has 4 nitrogen and oxygen atoms in total. The Bertz CT molecular complexity index is 490. The fourth-order valence-electron chi connectivity index (χ4n) is 1.23. The van der Waals surface area contributed by atoms with Gasteiger partial charge in [-0.1, -0.05) is 0 Å². The molecule has 0 radical (unpaired) electrons. The molecule has 0 spiro atoms. The molecule has 0 saturated heterocycles. The molecular formula is C10H7FN2O2. The van der Waals surface area contributed by atoms with Gasteiger partial charge < -0.3 is 10.2 Å². The van der Waals surface area contributed by atoms with Crippen molar-refractivity contribution in [3.05, 3.63) is 42.2 Å². The number of nitrogens with two attached hydrogens (primary N) is 1. The van der Waals surface area contributed by atoms with Crippen molar-refractivity contribution in [2.45, 2.75) is 0 Å². The molecule has 0 aliphatic rings. The number of rotatable bonds is 2. The second kappa shape index (κ2) is 3.53. The van der Waals surface area contributed by atoms with Gasteiger partial charge in [-0.05, 0) is 24.3 Å². The zero-order valence-corrected chi connectivity index (χ0v) is 7.61. The van der Waals surface area contributed by atoms with Crippen LogP contribution in [0.1, 0.15) is 10.5 Å². The number of halogens is 1. The molecule has 0 atom stereocenters. The maximum absolute atomic E-state index is 12.6. The smallest absolute Gasteiger partial charge is 0.271 e. The summed E-state index contributed by atoms with van der Waals surface area (Å²) in [5.74, 6) is -0.788. The minimum Gasteiger partial charge on any atom is -0.443 e. The van der Waals surface area contributed by atoms with E-state index in [1.165, 1.54) is 24.3 Å². The summed E-state index contributed by atoms with van der Waals surface area (Å²) in [5.41, 5.74) is 5.69. The number of nitrogens with zero attached hydrogens (tertiary/aromatic N) is 1.